The van der Waals surface area contributed by atoms with Gasteiger partial charge in [-0.15, -0.1) is 11.3 Å². The fourth-order valence-corrected chi connectivity index (χ4v) is 2.92. The van der Waals surface area contributed by atoms with Gasteiger partial charge in [0.05, 0.1) is 17.3 Å². The van der Waals surface area contributed by atoms with E-state index in [0.29, 0.717) is 5.02 Å². The third-order valence-electron chi connectivity index (χ3n) is 2.77. The maximum atomic E-state index is 10.5. The summed E-state index contributed by atoms with van der Waals surface area (Å²) < 4.78 is 0. The number of hydrogen-bond acceptors (Lipinski definition) is 3. The number of rotatable bonds is 5. The van der Waals surface area contributed by atoms with E-state index in [9.17, 15) is 4.79 Å². The Bertz CT molecular complexity index is 623. The minimum absolute atomic E-state index is 0.608. The first-order valence-electron chi connectivity index (χ1n) is 6.00. The van der Waals surface area contributed by atoms with E-state index in [1.165, 1.54) is 11.0 Å². The molecule has 20 heavy (non-hydrogen) atoms. The monoisotopic (exact) mass is 307 g/mol. The molecule has 0 spiro atoms. The third kappa shape index (κ3) is 3.85. The van der Waals surface area contributed by atoms with Gasteiger partial charge in [0.2, 0.25) is 0 Å². The minimum atomic E-state index is -0.972. The summed E-state index contributed by atoms with van der Waals surface area (Å²) in [5.41, 5.74) is 1.69. The molecule has 0 saturated heterocycles. The SMILES string of the molecule is CN(Cc1cccs1)c1ccc(/C=C/C(=O)O)cc1Cl. The van der Waals surface area contributed by atoms with Crippen molar-refractivity contribution in [3.8, 4) is 0 Å². The molecule has 2 rings (SSSR count). The molecule has 0 radical (unpaired) electrons. The van der Waals surface area contributed by atoms with Gasteiger partial charge in [-0.05, 0) is 35.2 Å². The summed E-state index contributed by atoms with van der Waals surface area (Å²) in [6.45, 7) is 0.793. The van der Waals surface area contributed by atoms with Gasteiger partial charge < -0.3 is 10.0 Å². The molecule has 1 aromatic carbocycles. The van der Waals surface area contributed by atoms with Crippen LogP contribution >= 0.6 is 22.9 Å². The van der Waals surface area contributed by atoms with Gasteiger partial charge in [-0.2, -0.15) is 0 Å². The number of aliphatic carboxylic acids is 1. The normalized spacial score (nSPS) is 10.9. The number of hydrogen-bond donors (Lipinski definition) is 1. The first kappa shape index (κ1) is 14.6. The molecule has 1 heterocycles. The first-order valence-corrected chi connectivity index (χ1v) is 7.26. The molecule has 0 atom stereocenters. The average Bonchev–Trinajstić information content (AvgIpc) is 2.89. The van der Waals surface area contributed by atoms with Crippen LogP contribution in [-0.4, -0.2) is 18.1 Å². The van der Waals surface area contributed by atoms with Crippen LogP contribution in [0.15, 0.2) is 41.8 Å². The van der Waals surface area contributed by atoms with Gasteiger partial charge in [-0.25, -0.2) is 4.79 Å². The number of thiophene rings is 1. The van der Waals surface area contributed by atoms with Gasteiger partial charge >= 0.3 is 5.97 Å². The molecule has 0 aliphatic rings. The zero-order valence-corrected chi connectivity index (χ0v) is 12.5. The fourth-order valence-electron chi connectivity index (χ4n) is 1.83. The number of anilines is 1. The lowest BCUT2D eigenvalue weighted by Crippen LogP contribution is -2.15. The summed E-state index contributed by atoms with van der Waals surface area (Å²) in [6.07, 6.45) is 2.62. The third-order valence-corrected chi connectivity index (χ3v) is 3.94. The van der Waals surface area contributed by atoms with Crippen molar-refractivity contribution in [3.05, 3.63) is 57.3 Å². The van der Waals surface area contributed by atoms with Gasteiger partial charge in [0.25, 0.3) is 0 Å². The summed E-state index contributed by atoms with van der Waals surface area (Å²) in [4.78, 5) is 13.8. The lowest BCUT2D eigenvalue weighted by Gasteiger charge is -2.20. The summed E-state index contributed by atoms with van der Waals surface area (Å²) in [7, 11) is 1.98. The molecule has 2 aromatic rings. The zero-order valence-electron chi connectivity index (χ0n) is 10.9. The van der Waals surface area contributed by atoms with Crippen molar-refractivity contribution in [1.29, 1.82) is 0 Å². The largest absolute Gasteiger partial charge is 0.478 e. The quantitative estimate of drug-likeness (QED) is 0.844. The van der Waals surface area contributed by atoms with Crippen LogP contribution in [0.4, 0.5) is 5.69 Å². The lowest BCUT2D eigenvalue weighted by atomic mass is 10.2. The van der Waals surface area contributed by atoms with Crippen LogP contribution < -0.4 is 4.90 Å². The van der Waals surface area contributed by atoms with Gasteiger partial charge in [0.1, 0.15) is 0 Å². The Kier molecular flexibility index (Phi) is 4.82. The van der Waals surface area contributed by atoms with Crippen LogP contribution in [0.1, 0.15) is 10.4 Å². The van der Waals surface area contributed by atoms with Crippen molar-refractivity contribution < 1.29 is 9.90 Å². The molecule has 3 nitrogen and oxygen atoms in total. The Labute approximate surface area is 126 Å². The standard InChI is InChI=1S/C15H14ClNO2S/c1-17(10-12-3-2-8-20-12)14-6-4-11(9-13(14)16)5-7-15(18)19/h2-9H,10H2,1H3,(H,18,19)/b7-5+. The van der Waals surface area contributed by atoms with Gasteiger partial charge in [0, 0.05) is 18.0 Å². The highest BCUT2D eigenvalue weighted by Gasteiger charge is 2.07. The molecule has 0 unspecified atom stereocenters. The van der Waals surface area contributed by atoms with E-state index < -0.39 is 5.97 Å². The van der Waals surface area contributed by atoms with E-state index in [-0.39, 0.29) is 0 Å². The molecule has 5 heteroatoms. The number of benzene rings is 1. The highest BCUT2D eigenvalue weighted by atomic mass is 35.5. The van der Waals surface area contributed by atoms with Crippen molar-refractivity contribution in [3.63, 3.8) is 0 Å². The highest BCUT2D eigenvalue weighted by molar-refractivity contribution is 7.09. The molecular weight excluding hydrogens is 294 g/mol. The second-order valence-corrected chi connectivity index (χ2v) is 5.76. The van der Waals surface area contributed by atoms with E-state index in [0.717, 1.165) is 23.9 Å². The maximum Gasteiger partial charge on any atom is 0.328 e. The van der Waals surface area contributed by atoms with E-state index in [1.807, 2.05) is 30.6 Å². The second-order valence-electron chi connectivity index (χ2n) is 4.32. The summed E-state index contributed by atoms with van der Waals surface area (Å²) in [5.74, 6) is -0.972. The number of halogens is 1. The predicted molar refractivity (Wildman–Crippen MR) is 84.5 cm³/mol. The fraction of sp³-hybridized carbons (Fsp3) is 0.133. The summed E-state index contributed by atoms with van der Waals surface area (Å²) in [5, 5.41) is 11.3. The van der Waals surface area contributed by atoms with Crippen LogP contribution in [0.3, 0.4) is 0 Å². The Hall–Kier alpha value is -1.78. The summed E-state index contributed by atoms with van der Waals surface area (Å²) >= 11 is 7.97. The van der Waals surface area contributed by atoms with Gasteiger partial charge in [0.15, 0.2) is 0 Å². The molecule has 0 bridgehead atoms. The van der Waals surface area contributed by atoms with Crippen molar-refractivity contribution in [2.24, 2.45) is 0 Å². The molecule has 104 valence electrons. The summed E-state index contributed by atoms with van der Waals surface area (Å²) in [6, 6.07) is 9.62. The molecule has 0 aliphatic carbocycles. The first-order chi connectivity index (χ1) is 9.56. The molecule has 1 N–H and O–H groups in total. The molecule has 1 aromatic heterocycles. The van der Waals surface area contributed by atoms with Crippen molar-refractivity contribution in [2.45, 2.75) is 6.54 Å². The van der Waals surface area contributed by atoms with E-state index >= 15 is 0 Å². The Morgan fingerprint density at radius 2 is 2.25 bits per heavy atom. The zero-order chi connectivity index (χ0) is 14.5. The Balaban J connectivity index is 2.14. The van der Waals surface area contributed by atoms with Crippen molar-refractivity contribution in [2.75, 3.05) is 11.9 Å². The molecule has 0 fully saturated rings. The second kappa shape index (κ2) is 6.59. The molecule has 0 amide bonds. The van der Waals surface area contributed by atoms with Crippen molar-refractivity contribution in [1.82, 2.24) is 0 Å². The minimum Gasteiger partial charge on any atom is -0.478 e. The van der Waals surface area contributed by atoms with Crippen molar-refractivity contribution >= 4 is 40.7 Å². The number of carboxylic acids is 1. The smallest absolute Gasteiger partial charge is 0.328 e. The van der Waals surface area contributed by atoms with E-state index in [4.69, 9.17) is 16.7 Å². The number of carbonyl (C=O) groups is 1. The lowest BCUT2D eigenvalue weighted by molar-refractivity contribution is -0.131. The molecular formula is C15H14ClNO2S. The van der Waals surface area contributed by atoms with Crippen LogP contribution in [0.25, 0.3) is 6.08 Å². The maximum absolute atomic E-state index is 10.5. The van der Waals surface area contributed by atoms with Gasteiger partial charge in [-0.3, -0.25) is 0 Å². The van der Waals surface area contributed by atoms with Crippen LogP contribution in [0.5, 0.6) is 0 Å². The predicted octanol–water partition coefficient (Wildman–Crippen LogP) is 4.14. The molecule has 0 saturated carbocycles. The number of nitrogens with zero attached hydrogens (tertiary/aromatic N) is 1. The van der Waals surface area contributed by atoms with Gasteiger partial charge in [-0.1, -0.05) is 23.7 Å². The van der Waals surface area contributed by atoms with E-state index in [1.54, 1.807) is 17.4 Å². The topological polar surface area (TPSA) is 40.5 Å². The van der Waals surface area contributed by atoms with E-state index in [2.05, 4.69) is 11.0 Å². The van der Waals surface area contributed by atoms with Crippen LogP contribution in [-0.2, 0) is 11.3 Å². The Morgan fingerprint density at radius 1 is 1.45 bits per heavy atom. The number of carboxylic acid groups (broad SMARTS) is 1. The molecule has 0 aliphatic heterocycles. The van der Waals surface area contributed by atoms with Crippen LogP contribution in [0, 0.1) is 0 Å². The Morgan fingerprint density at radius 3 is 2.85 bits per heavy atom. The highest BCUT2D eigenvalue weighted by Crippen LogP contribution is 2.28. The average molecular weight is 308 g/mol. The van der Waals surface area contributed by atoms with Crippen LogP contribution in [0.2, 0.25) is 5.02 Å².